The molecule has 0 amide bonds. The van der Waals surface area contributed by atoms with E-state index in [1.54, 1.807) is 0 Å². The van der Waals surface area contributed by atoms with Crippen molar-refractivity contribution in [2.75, 3.05) is 6.54 Å². The number of aliphatic hydroxyl groups is 2. The molecule has 0 bridgehead atoms. The van der Waals surface area contributed by atoms with Gasteiger partial charge in [-0.2, -0.15) is 0 Å². The number of carbonyl (C=O) groups is 1. The molecule has 0 aliphatic rings. The first-order valence-corrected chi connectivity index (χ1v) is 1.92. The summed E-state index contributed by atoms with van der Waals surface area (Å²) in [4.78, 5) is 9.96. The van der Waals surface area contributed by atoms with Crippen molar-refractivity contribution in [3.8, 4) is 0 Å². The molecule has 0 aromatic rings. The summed E-state index contributed by atoms with van der Waals surface area (Å²) in [5.74, 6) is -0.847. The molecule has 4 N–H and O–H groups in total. The SMILES string of the molecule is NCC(=O)OC(O)O.[NaH]. The summed E-state index contributed by atoms with van der Waals surface area (Å²) in [5, 5.41) is 15.8. The van der Waals surface area contributed by atoms with Gasteiger partial charge in [0.1, 0.15) is 0 Å². The Morgan fingerprint density at radius 1 is 1.67 bits per heavy atom. The average molecular weight is 145 g/mol. The Bertz CT molecular complexity index is 85.9. The quantitative estimate of drug-likeness (QED) is 0.220. The van der Waals surface area contributed by atoms with E-state index in [-0.39, 0.29) is 36.1 Å². The van der Waals surface area contributed by atoms with Gasteiger partial charge in [-0.15, -0.1) is 0 Å². The van der Waals surface area contributed by atoms with E-state index in [9.17, 15) is 4.79 Å². The van der Waals surface area contributed by atoms with Crippen molar-refractivity contribution in [1.29, 1.82) is 0 Å². The minimum absolute atomic E-state index is 0. The van der Waals surface area contributed by atoms with Gasteiger partial charge in [0, 0.05) is 0 Å². The predicted octanol–water partition coefficient (Wildman–Crippen LogP) is -2.89. The Labute approximate surface area is 74.1 Å². The Kier molecular flexibility index (Phi) is 8.67. The molecule has 0 saturated carbocycles. The Hall–Kier alpha value is 0.350. The van der Waals surface area contributed by atoms with Crippen LogP contribution >= 0.6 is 0 Å². The number of rotatable bonds is 2. The molecule has 50 valence electrons. The number of nitrogens with two attached hydrogens (primary N) is 1. The first-order chi connectivity index (χ1) is 3.66. The zero-order valence-corrected chi connectivity index (χ0v) is 4.07. The second-order valence-corrected chi connectivity index (χ2v) is 1.02. The van der Waals surface area contributed by atoms with Crippen LogP contribution < -0.4 is 5.73 Å². The molecule has 6 heteroatoms. The van der Waals surface area contributed by atoms with Gasteiger partial charge in [-0.1, -0.05) is 0 Å². The molecule has 0 saturated heterocycles. The number of aliphatic hydroxyl groups excluding tert-OH is 1. The van der Waals surface area contributed by atoms with Gasteiger partial charge in [0.25, 0.3) is 0 Å². The summed E-state index contributed by atoms with van der Waals surface area (Å²) in [5.41, 5.74) is 4.72. The van der Waals surface area contributed by atoms with Crippen molar-refractivity contribution in [3.63, 3.8) is 0 Å². The molecule has 0 heterocycles. The third-order valence-corrected chi connectivity index (χ3v) is 0.404. The fourth-order valence-electron chi connectivity index (χ4n) is 0.166. The van der Waals surface area contributed by atoms with Crippen molar-refractivity contribution < 1.29 is 19.7 Å². The minimum atomic E-state index is -2.05. The first kappa shape index (κ1) is 12.1. The number of carbonyl (C=O) groups excluding carboxylic acids is 1. The first-order valence-electron chi connectivity index (χ1n) is 1.92. The molecule has 0 unspecified atom stereocenters. The molecule has 0 atom stereocenters. The second kappa shape index (κ2) is 6.47. The summed E-state index contributed by atoms with van der Waals surface area (Å²) < 4.78 is 3.75. The average Bonchev–Trinajstić information content (AvgIpc) is 1.65. The maximum absolute atomic E-state index is 9.96. The van der Waals surface area contributed by atoms with Gasteiger partial charge in [-0.25, -0.2) is 0 Å². The van der Waals surface area contributed by atoms with E-state index in [2.05, 4.69) is 4.74 Å². The molecule has 5 nitrogen and oxygen atoms in total. The fourth-order valence-corrected chi connectivity index (χ4v) is 0.166. The van der Waals surface area contributed by atoms with Crippen LogP contribution in [0.25, 0.3) is 0 Å². The van der Waals surface area contributed by atoms with Crippen molar-refractivity contribution in [3.05, 3.63) is 0 Å². The van der Waals surface area contributed by atoms with Crippen molar-refractivity contribution >= 4 is 35.5 Å². The van der Waals surface area contributed by atoms with E-state index in [4.69, 9.17) is 15.9 Å². The van der Waals surface area contributed by atoms with E-state index in [0.29, 0.717) is 0 Å². The molecule has 0 aromatic heterocycles. The Morgan fingerprint density at radius 2 is 2.11 bits per heavy atom. The molecule has 0 aliphatic carbocycles. The van der Waals surface area contributed by atoms with Gasteiger partial charge in [-0.3, -0.25) is 4.79 Å². The van der Waals surface area contributed by atoms with E-state index >= 15 is 0 Å². The van der Waals surface area contributed by atoms with Gasteiger partial charge in [-0.05, 0) is 0 Å². The van der Waals surface area contributed by atoms with Crippen LogP contribution in [0.4, 0.5) is 0 Å². The van der Waals surface area contributed by atoms with Crippen LogP contribution in [-0.2, 0) is 9.53 Å². The normalized spacial score (nSPS) is 8.44. The van der Waals surface area contributed by atoms with Crippen LogP contribution in [0.2, 0.25) is 0 Å². The summed E-state index contributed by atoms with van der Waals surface area (Å²) in [6.07, 6.45) is 0. The molecular weight excluding hydrogens is 137 g/mol. The maximum atomic E-state index is 9.96. The standard InChI is InChI=1S/C3H7NO4.Na.H/c4-1-2(5)8-3(6)7;;/h3,6-7H,1,4H2;;. The van der Waals surface area contributed by atoms with Crippen LogP contribution in [-0.4, -0.2) is 58.8 Å². The van der Waals surface area contributed by atoms with Crippen molar-refractivity contribution in [2.45, 2.75) is 6.48 Å². The third-order valence-electron chi connectivity index (χ3n) is 0.404. The third kappa shape index (κ3) is 8.35. The van der Waals surface area contributed by atoms with Gasteiger partial charge < -0.3 is 20.7 Å². The predicted molar refractivity (Wildman–Crippen MR) is 30.5 cm³/mol. The second-order valence-electron chi connectivity index (χ2n) is 1.02. The van der Waals surface area contributed by atoms with E-state index < -0.39 is 12.4 Å². The molecular formula is C3H8NNaO4. The van der Waals surface area contributed by atoms with E-state index in [1.165, 1.54) is 0 Å². The molecule has 0 aromatic carbocycles. The van der Waals surface area contributed by atoms with Crippen LogP contribution in [0.15, 0.2) is 0 Å². The van der Waals surface area contributed by atoms with Crippen molar-refractivity contribution in [2.24, 2.45) is 5.73 Å². The molecule has 0 fully saturated rings. The summed E-state index contributed by atoms with van der Waals surface area (Å²) in [6.45, 7) is -2.40. The van der Waals surface area contributed by atoms with Gasteiger partial charge in [0.2, 0.25) is 0 Å². The molecule has 9 heavy (non-hydrogen) atoms. The van der Waals surface area contributed by atoms with E-state index in [0.717, 1.165) is 0 Å². The van der Waals surface area contributed by atoms with Crippen LogP contribution in [0, 0.1) is 0 Å². The summed E-state index contributed by atoms with van der Waals surface area (Å²) >= 11 is 0. The zero-order chi connectivity index (χ0) is 6.57. The van der Waals surface area contributed by atoms with Crippen LogP contribution in [0.5, 0.6) is 0 Å². The van der Waals surface area contributed by atoms with Gasteiger partial charge in [0.05, 0.1) is 6.54 Å². The van der Waals surface area contributed by atoms with Crippen LogP contribution in [0.1, 0.15) is 0 Å². The number of hydrogen-bond acceptors (Lipinski definition) is 5. The van der Waals surface area contributed by atoms with Gasteiger partial charge in [0.15, 0.2) is 0 Å². The Morgan fingerprint density at radius 3 is 2.22 bits per heavy atom. The van der Waals surface area contributed by atoms with E-state index in [1.807, 2.05) is 0 Å². The zero-order valence-electron chi connectivity index (χ0n) is 4.07. The van der Waals surface area contributed by atoms with Crippen molar-refractivity contribution in [1.82, 2.24) is 0 Å². The molecule has 0 aliphatic heterocycles. The fraction of sp³-hybridized carbons (Fsp3) is 0.667. The van der Waals surface area contributed by atoms with Gasteiger partial charge >= 0.3 is 42.0 Å². The molecule has 0 radical (unpaired) electrons. The number of ether oxygens (including phenoxy) is 1. The summed E-state index contributed by atoms with van der Waals surface area (Å²) in [6, 6.07) is 0. The monoisotopic (exact) mass is 145 g/mol. The topological polar surface area (TPSA) is 92.8 Å². The number of esters is 1. The van der Waals surface area contributed by atoms with Crippen LogP contribution in [0.3, 0.4) is 0 Å². The molecule has 0 spiro atoms. The molecule has 0 rings (SSSR count). The summed E-state index contributed by atoms with van der Waals surface area (Å²) in [7, 11) is 0. The number of hydrogen-bond donors (Lipinski definition) is 3. The Balaban J connectivity index is 0.